The Hall–Kier alpha value is -1.82. The van der Waals surface area contributed by atoms with Crippen molar-refractivity contribution in [2.24, 2.45) is 0 Å². The highest BCUT2D eigenvalue weighted by Crippen LogP contribution is 2.37. The minimum absolute atomic E-state index is 0.155. The fourth-order valence-corrected chi connectivity index (χ4v) is 3.33. The second kappa shape index (κ2) is 6.59. The molecule has 0 radical (unpaired) electrons. The summed E-state index contributed by atoms with van der Waals surface area (Å²) in [6.45, 7) is 1.71. The number of aromatic nitrogens is 2. The van der Waals surface area contributed by atoms with Crippen molar-refractivity contribution in [2.75, 3.05) is 5.32 Å². The van der Waals surface area contributed by atoms with E-state index in [1.54, 1.807) is 13.0 Å². The summed E-state index contributed by atoms with van der Waals surface area (Å²) in [6, 6.07) is 5.35. The highest BCUT2D eigenvalue weighted by molar-refractivity contribution is 6.32. The second-order valence-corrected chi connectivity index (χ2v) is 6.35. The number of hydrogen-bond donors (Lipinski definition) is 1. The maximum Gasteiger partial charge on any atom is 0.416 e. The quantitative estimate of drug-likeness (QED) is 0.741. The number of nitrogens with one attached hydrogen (secondary N) is 1. The van der Waals surface area contributed by atoms with Crippen LogP contribution in [-0.4, -0.2) is 16.0 Å². The van der Waals surface area contributed by atoms with Gasteiger partial charge in [-0.15, -0.1) is 0 Å². The molecule has 0 spiro atoms. The van der Waals surface area contributed by atoms with E-state index in [1.807, 2.05) is 0 Å². The fraction of sp³-hybridized carbons (Fsp3) is 0.412. The Morgan fingerprint density at radius 3 is 2.54 bits per heavy atom. The third-order valence-electron chi connectivity index (χ3n) is 4.15. The maximum absolute atomic E-state index is 13.0. The zero-order chi connectivity index (χ0) is 17.3. The van der Waals surface area contributed by atoms with E-state index in [2.05, 4.69) is 15.3 Å². The van der Waals surface area contributed by atoms with Crippen LogP contribution in [0.15, 0.2) is 24.3 Å². The van der Waals surface area contributed by atoms with E-state index in [1.165, 1.54) is 6.07 Å². The van der Waals surface area contributed by atoms with E-state index >= 15 is 0 Å². The van der Waals surface area contributed by atoms with Crippen molar-refractivity contribution >= 4 is 17.4 Å². The zero-order valence-corrected chi connectivity index (χ0v) is 13.9. The number of alkyl halides is 3. The smallest absolute Gasteiger partial charge is 0.367 e. The van der Waals surface area contributed by atoms with Crippen LogP contribution >= 0.6 is 11.6 Å². The van der Waals surface area contributed by atoms with Crippen LogP contribution in [0.2, 0.25) is 5.15 Å². The van der Waals surface area contributed by atoms with Crippen molar-refractivity contribution in [1.29, 1.82) is 0 Å². The number of halogens is 4. The Balaban J connectivity index is 2.06. The van der Waals surface area contributed by atoms with Gasteiger partial charge in [-0.25, -0.2) is 9.97 Å². The van der Waals surface area contributed by atoms with Crippen LogP contribution < -0.4 is 5.32 Å². The Morgan fingerprint density at radius 1 is 1.17 bits per heavy atom. The van der Waals surface area contributed by atoms with Gasteiger partial charge in [0.25, 0.3) is 0 Å². The van der Waals surface area contributed by atoms with Crippen LogP contribution in [0, 0.1) is 6.92 Å². The van der Waals surface area contributed by atoms with Gasteiger partial charge >= 0.3 is 6.18 Å². The van der Waals surface area contributed by atoms with Gasteiger partial charge in [-0.1, -0.05) is 36.6 Å². The van der Waals surface area contributed by atoms with Crippen molar-refractivity contribution in [3.63, 3.8) is 0 Å². The Bertz CT molecular complexity index is 740. The third-order valence-corrected chi connectivity index (χ3v) is 4.42. The monoisotopic (exact) mass is 355 g/mol. The van der Waals surface area contributed by atoms with E-state index in [4.69, 9.17) is 11.6 Å². The summed E-state index contributed by atoms with van der Waals surface area (Å²) in [5, 5.41) is 3.49. The number of anilines is 1. The minimum atomic E-state index is -4.41. The molecule has 3 rings (SSSR count). The summed E-state index contributed by atoms with van der Waals surface area (Å²) < 4.78 is 39.0. The predicted molar refractivity (Wildman–Crippen MR) is 88.1 cm³/mol. The van der Waals surface area contributed by atoms with Crippen molar-refractivity contribution in [3.8, 4) is 11.1 Å². The molecule has 2 aromatic rings. The zero-order valence-electron chi connectivity index (χ0n) is 13.1. The molecule has 3 nitrogen and oxygen atoms in total. The SMILES string of the molecule is Cc1nc(Cl)c(-c2cccc(C(F)(F)F)c2)c(NC2CCCC2)n1. The van der Waals surface area contributed by atoms with Gasteiger partial charge in [0, 0.05) is 6.04 Å². The largest absolute Gasteiger partial charge is 0.416 e. The number of benzene rings is 1. The average molecular weight is 356 g/mol. The molecule has 0 unspecified atom stereocenters. The number of aryl methyl sites for hydroxylation is 1. The lowest BCUT2D eigenvalue weighted by atomic mass is 10.0. The van der Waals surface area contributed by atoms with Gasteiger partial charge in [-0.2, -0.15) is 13.2 Å². The van der Waals surface area contributed by atoms with Crippen LogP contribution in [0.5, 0.6) is 0 Å². The number of rotatable bonds is 3. The third kappa shape index (κ3) is 3.64. The highest BCUT2D eigenvalue weighted by Gasteiger charge is 2.31. The molecular weight excluding hydrogens is 339 g/mol. The predicted octanol–water partition coefficient (Wildman–Crippen LogP) is 5.48. The standard InChI is InChI=1S/C17H17ClF3N3/c1-10-22-15(18)14(16(23-10)24-13-7-2-3-8-13)11-5-4-6-12(9-11)17(19,20)21/h4-6,9,13H,2-3,7-8H2,1H3,(H,22,23,24). The molecule has 0 amide bonds. The molecule has 1 aromatic heterocycles. The average Bonchev–Trinajstić information content (AvgIpc) is 2.99. The summed E-state index contributed by atoms with van der Waals surface area (Å²) >= 11 is 6.25. The van der Waals surface area contributed by atoms with E-state index < -0.39 is 11.7 Å². The molecule has 0 saturated heterocycles. The van der Waals surface area contributed by atoms with Crippen LogP contribution in [-0.2, 0) is 6.18 Å². The van der Waals surface area contributed by atoms with Gasteiger partial charge < -0.3 is 5.32 Å². The van der Waals surface area contributed by atoms with Gasteiger partial charge in [-0.05, 0) is 37.5 Å². The molecule has 1 N–H and O–H groups in total. The number of nitrogens with zero attached hydrogens (tertiary/aromatic N) is 2. The number of hydrogen-bond acceptors (Lipinski definition) is 3. The molecule has 0 aliphatic heterocycles. The topological polar surface area (TPSA) is 37.8 Å². The molecule has 1 aliphatic carbocycles. The van der Waals surface area contributed by atoms with E-state index in [-0.39, 0.29) is 11.2 Å². The Labute approximate surface area is 143 Å². The molecule has 1 fully saturated rings. The Kier molecular flexibility index (Phi) is 4.67. The van der Waals surface area contributed by atoms with Gasteiger partial charge in [-0.3, -0.25) is 0 Å². The molecule has 1 aliphatic rings. The summed E-state index contributed by atoms with van der Waals surface area (Å²) in [4.78, 5) is 8.49. The first-order chi connectivity index (χ1) is 11.3. The van der Waals surface area contributed by atoms with Crippen molar-refractivity contribution < 1.29 is 13.2 Å². The first kappa shape index (κ1) is 17.0. The lowest BCUT2D eigenvalue weighted by Gasteiger charge is -2.18. The molecule has 1 saturated carbocycles. The normalized spacial score (nSPS) is 15.7. The van der Waals surface area contributed by atoms with Crippen LogP contribution in [0.25, 0.3) is 11.1 Å². The van der Waals surface area contributed by atoms with E-state index in [0.717, 1.165) is 37.8 Å². The molecule has 7 heteroatoms. The first-order valence-corrected chi connectivity index (χ1v) is 8.20. The minimum Gasteiger partial charge on any atom is -0.367 e. The van der Waals surface area contributed by atoms with Gasteiger partial charge in [0.15, 0.2) is 0 Å². The molecule has 0 atom stereocenters. The van der Waals surface area contributed by atoms with Crippen molar-refractivity contribution in [1.82, 2.24) is 9.97 Å². The summed E-state index contributed by atoms with van der Waals surface area (Å²) in [5.74, 6) is 0.981. The lowest BCUT2D eigenvalue weighted by Crippen LogP contribution is -2.17. The lowest BCUT2D eigenvalue weighted by molar-refractivity contribution is -0.137. The summed E-state index contributed by atoms with van der Waals surface area (Å²) in [5.41, 5.74) is 0.0547. The molecule has 1 heterocycles. The second-order valence-electron chi connectivity index (χ2n) is 5.99. The Morgan fingerprint density at radius 2 is 1.88 bits per heavy atom. The van der Waals surface area contributed by atoms with E-state index in [9.17, 15) is 13.2 Å². The van der Waals surface area contributed by atoms with Crippen LogP contribution in [0.1, 0.15) is 37.1 Å². The van der Waals surface area contributed by atoms with Gasteiger partial charge in [0.2, 0.25) is 0 Å². The van der Waals surface area contributed by atoms with Crippen LogP contribution in [0.4, 0.5) is 19.0 Å². The van der Waals surface area contributed by atoms with Gasteiger partial charge in [0.1, 0.15) is 16.8 Å². The summed E-state index contributed by atoms with van der Waals surface area (Å²) in [7, 11) is 0. The van der Waals surface area contributed by atoms with Crippen molar-refractivity contribution in [3.05, 3.63) is 40.8 Å². The maximum atomic E-state index is 13.0. The molecule has 0 bridgehead atoms. The fourth-order valence-electron chi connectivity index (χ4n) is 3.01. The molecule has 24 heavy (non-hydrogen) atoms. The van der Waals surface area contributed by atoms with Crippen molar-refractivity contribution in [2.45, 2.75) is 44.8 Å². The molecular formula is C17H17ClF3N3. The summed E-state index contributed by atoms with van der Waals surface area (Å²) in [6.07, 6.45) is -0.110. The van der Waals surface area contributed by atoms with Gasteiger partial charge in [0.05, 0.1) is 11.1 Å². The first-order valence-electron chi connectivity index (χ1n) is 7.83. The highest BCUT2D eigenvalue weighted by atomic mass is 35.5. The molecule has 128 valence electrons. The van der Waals surface area contributed by atoms with Crippen LogP contribution in [0.3, 0.4) is 0 Å². The van der Waals surface area contributed by atoms with E-state index in [0.29, 0.717) is 22.8 Å². The molecule has 1 aromatic carbocycles.